The predicted octanol–water partition coefficient (Wildman–Crippen LogP) is 2.75. The minimum atomic E-state index is -0.869. The van der Waals surface area contributed by atoms with Crippen LogP contribution in [0.25, 0.3) is 11.1 Å². The van der Waals surface area contributed by atoms with Gasteiger partial charge in [0.25, 0.3) is 0 Å². The molecular weight excluding hydrogens is 430 g/mol. The van der Waals surface area contributed by atoms with E-state index in [0.29, 0.717) is 6.54 Å². The van der Waals surface area contributed by atoms with Crippen LogP contribution in [-0.4, -0.2) is 43.1 Å². The summed E-state index contributed by atoms with van der Waals surface area (Å²) in [4.78, 5) is 37.2. The highest BCUT2D eigenvalue weighted by Gasteiger charge is 2.33. The Kier molecular flexibility index (Phi) is 5.99. The summed E-state index contributed by atoms with van der Waals surface area (Å²) in [5, 5.41) is 7.99. The molecule has 5 rings (SSSR count). The Bertz CT molecular complexity index is 1180. The lowest BCUT2D eigenvalue weighted by Crippen LogP contribution is -2.64. The number of rotatable bonds is 7. The number of β-lactam (4-membered cyclic amide) rings is 1. The molecule has 7 heteroatoms. The van der Waals surface area contributed by atoms with E-state index in [1.807, 2.05) is 54.6 Å². The van der Waals surface area contributed by atoms with Gasteiger partial charge in [-0.2, -0.15) is 0 Å². The normalized spacial score (nSPS) is 16.9. The standard InChI is InChI=1S/C27H25N3O4/c31-25-24(15-28-25)29-26(32)23(14-17-8-2-1-3-9-17)30-27(33)34-16-22-20-12-6-4-10-18(20)19-11-5-7-13-21(19)22/h1-13,22-24H,14-16H2,(H,28,31)(H,29,32)(H,30,33)/t23-,24-/m0/s1. The van der Waals surface area contributed by atoms with E-state index in [1.165, 1.54) is 0 Å². The minimum absolute atomic E-state index is 0.0711. The molecule has 0 radical (unpaired) electrons. The summed E-state index contributed by atoms with van der Waals surface area (Å²) in [5.74, 6) is -0.719. The lowest BCUT2D eigenvalue weighted by atomic mass is 9.98. The molecule has 0 bridgehead atoms. The summed E-state index contributed by atoms with van der Waals surface area (Å²) in [6.07, 6.45) is -0.387. The van der Waals surface area contributed by atoms with Crippen LogP contribution in [-0.2, 0) is 20.7 Å². The van der Waals surface area contributed by atoms with Gasteiger partial charge in [-0.15, -0.1) is 0 Å². The van der Waals surface area contributed by atoms with Crippen LogP contribution >= 0.6 is 0 Å². The van der Waals surface area contributed by atoms with Gasteiger partial charge in [0, 0.05) is 18.9 Å². The first kappa shape index (κ1) is 21.7. The smallest absolute Gasteiger partial charge is 0.407 e. The van der Waals surface area contributed by atoms with Crippen LogP contribution in [0.1, 0.15) is 22.6 Å². The third kappa shape index (κ3) is 4.37. The van der Waals surface area contributed by atoms with E-state index in [-0.39, 0.29) is 24.9 Å². The van der Waals surface area contributed by atoms with E-state index in [9.17, 15) is 14.4 Å². The van der Waals surface area contributed by atoms with E-state index in [4.69, 9.17) is 4.74 Å². The molecule has 1 saturated heterocycles. The van der Waals surface area contributed by atoms with Crippen molar-refractivity contribution in [2.75, 3.05) is 13.2 Å². The molecule has 0 unspecified atom stereocenters. The van der Waals surface area contributed by atoms with Crippen molar-refractivity contribution >= 4 is 17.9 Å². The molecule has 1 aliphatic heterocycles. The number of amides is 3. The molecule has 1 heterocycles. The zero-order valence-electron chi connectivity index (χ0n) is 18.5. The molecule has 2 atom stereocenters. The van der Waals surface area contributed by atoms with Gasteiger partial charge in [-0.05, 0) is 27.8 Å². The Morgan fingerprint density at radius 1 is 0.912 bits per heavy atom. The zero-order valence-corrected chi connectivity index (χ0v) is 18.5. The lowest BCUT2D eigenvalue weighted by molar-refractivity contribution is -0.134. The Balaban J connectivity index is 1.27. The monoisotopic (exact) mass is 455 g/mol. The fraction of sp³-hybridized carbons (Fsp3) is 0.222. The lowest BCUT2D eigenvalue weighted by Gasteiger charge is -2.28. The number of hydrogen-bond donors (Lipinski definition) is 3. The van der Waals surface area contributed by atoms with Gasteiger partial charge in [0.15, 0.2) is 0 Å². The maximum atomic E-state index is 12.9. The van der Waals surface area contributed by atoms with Crippen LogP contribution in [0.5, 0.6) is 0 Å². The molecule has 172 valence electrons. The highest BCUT2D eigenvalue weighted by molar-refractivity contribution is 5.94. The second kappa shape index (κ2) is 9.39. The number of carbonyl (C=O) groups is 3. The van der Waals surface area contributed by atoms with Crippen molar-refractivity contribution in [3.8, 4) is 11.1 Å². The van der Waals surface area contributed by atoms with Crippen LogP contribution in [0, 0.1) is 0 Å². The average Bonchev–Trinajstić information content (AvgIpc) is 3.19. The zero-order chi connectivity index (χ0) is 23.5. The highest BCUT2D eigenvalue weighted by Crippen LogP contribution is 2.44. The number of nitrogens with one attached hydrogen (secondary N) is 3. The second-order valence-electron chi connectivity index (χ2n) is 8.52. The molecule has 3 aromatic rings. The van der Waals surface area contributed by atoms with Gasteiger partial charge in [-0.1, -0.05) is 78.9 Å². The first-order chi connectivity index (χ1) is 16.6. The summed E-state index contributed by atoms with van der Waals surface area (Å²) in [6.45, 7) is 0.540. The molecule has 34 heavy (non-hydrogen) atoms. The fourth-order valence-electron chi connectivity index (χ4n) is 4.52. The summed E-state index contributed by atoms with van der Waals surface area (Å²) in [5.41, 5.74) is 5.41. The quantitative estimate of drug-likeness (QED) is 0.478. The number of benzene rings is 3. The molecule has 2 aliphatic rings. The van der Waals surface area contributed by atoms with Gasteiger partial charge in [0.1, 0.15) is 18.7 Å². The van der Waals surface area contributed by atoms with E-state index in [0.717, 1.165) is 27.8 Å². The maximum Gasteiger partial charge on any atom is 0.407 e. The molecule has 0 spiro atoms. The Hall–Kier alpha value is -4.13. The van der Waals surface area contributed by atoms with E-state index in [1.54, 1.807) is 0 Å². The third-order valence-electron chi connectivity index (χ3n) is 6.35. The highest BCUT2D eigenvalue weighted by atomic mass is 16.5. The maximum absolute atomic E-state index is 12.9. The van der Waals surface area contributed by atoms with Crippen molar-refractivity contribution in [2.24, 2.45) is 0 Å². The van der Waals surface area contributed by atoms with Crippen LogP contribution in [0.3, 0.4) is 0 Å². The number of alkyl carbamates (subject to hydrolysis) is 1. The van der Waals surface area contributed by atoms with Crippen molar-refractivity contribution in [1.82, 2.24) is 16.0 Å². The second-order valence-corrected chi connectivity index (χ2v) is 8.52. The predicted molar refractivity (Wildman–Crippen MR) is 127 cm³/mol. The number of ether oxygens (including phenoxy) is 1. The topological polar surface area (TPSA) is 96.5 Å². The molecule has 1 fully saturated rings. The Morgan fingerprint density at radius 2 is 1.53 bits per heavy atom. The van der Waals surface area contributed by atoms with Crippen molar-refractivity contribution in [2.45, 2.75) is 24.4 Å². The molecular formula is C27H25N3O4. The number of carbonyl (C=O) groups excluding carboxylic acids is 3. The van der Waals surface area contributed by atoms with Crippen LogP contribution in [0.4, 0.5) is 4.79 Å². The summed E-state index contributed by atoms with van der Waals surface area (Å²) >= 11 is 0. The largest absolute Gasteiger partial charge is 0.449 e. The molecule has 3 N–H and O–H groups in total. The van der Waals surface area contributed by atoms with Gasteiger partial charge in [0.2, 0.25) is 11.8 Å². The summed E-state index contributed by atoms with van der Waals surface area (Å²) in [7, 11) is 0. The molecule has 1 aliphatic carbocycles. The van der Waals surface area contributed by atoms with Crippen molar-refractivity contribution in [3.05, 3.63) is 95.6 Å². The van der Waals surface area contributed by atoms with Gasteiger partial charge in [-0.25, -0.2) is 4.79 Å². The van der Waals surface area contributed by atoms with E-state index < -0.39 is 24.1 Å². The van der Waals surface area contributed by atoms with E-state index in [2.05, 4.69) is 40.2 Å². The number of hydrogen-bond acceptors (Lipinski definition) is 4. The SMILES string of the molecule is O=C(N[C@@H](Cc1ccccc1)C(=O)N[C@H]1CNC1=O)OCC1c2ccccc2-c2ccccc21. The van der Waals surface area contributed by atoms with Crippen molar-refractivity contribution in [3.63, 3.8) is 0 Å². The van der Waals surface area contributed by atoms with Crippen LogP contribution in [0.15, 0.2) is 78.9 Å². The van der Waals surface area contributed by atoms with Gasteiger partial charge >= 0.3 is 6.09 Å². The van der Waals surface area contributed by atoms with Crippen LogP contribution in [0.2, 0.25) is 0 Å². The van der Waals surface area contributed by atoms with Crippen molar-refractivity contribution < 1.29 is 19.1 Å². The number of fused-ring (bicyclic) bond motifs is 3. The summed E-state index contributed by atoms with van der Waals surface area (Å²) in [6, 6.07) is 24.2. The Labute approximate surface area is 197 Å². The molecule has 0 aromatic heterocycles. The average molecular weight is 456 g/mol. The minimum Gasteiger partial charge on any atom is -0.449 e. The van der Waals surface area contributed by atoms with Gasteiger partial charge in [-0.3, -0.25) is 9.59 Å². The molecule has 7 nitrogen and oxygen atoms in total. The fourth-order valence-corrected chi connectivity index (χ4v) is 4.52. The first-order valence-corrected chi connectivity index (χ1v) is 11.3. The third-order valence-corrected chi connectivity index (χ3v) is 6.35. The molecule has 3 aromatic carbocycles. The molecule has 0 saturated carbocycles. The van der Waals surface area contributed by atoms with Gasteiger partial charge in [0.05, 0.1) is 0 Å². The first-order valence-electron chi connectivity index (χ1n) is 11.3. The molecule has 3 amide bonds. The Morgan fingerprint density at radius 3 is 2.12 bits per heavy atom. The van der Waals surface area contributed by atoms with Gasteiger partial charge < -0.3 is 20.7 Å². The van der Waals surface area contributed by atoms with Crippen molar-refractivity contribution in [1.29, 1.82) is 0 Å². The van der Waals surface area contributed by atoms with E-state index >= 15 is 0 Å². The van der Waals surface area contributed by atoms with Crippen LogP contribution < -0.4 is 16.0 Å². The summed E-state index contributed by atoms with van der Waals surface area (Å²) < 4.78 is 5.62.